The monoisotopic (exact) mass is 283 g/mol. The number of thioether (sulfide) groups is 1. The highest BCUT2D eigenvalue weighted by molar-refractivity contribution is 7.99. The normalized spacial score (nSPS) is 12.2. The average Bonchev–Trinajstić information content (AvgIpc) is 2.40. The van der Waals surface area contributed by atoms with Gasteiger partial charge in [0.25, 0.3) is 0 Å². The molecule has 0 heterocycles. The van der Waals surface area contributed by atoms with E-state index in [9.17, 15) is 4.79 Å². The van der Waals surface area contributed by atoms with Gasteiger partial charge in [0.15, 0.2) is 0 Å². The number of esters is 1. The van der Waals surface area contributed by atoms with Gasteiger partial charge in [0, 0.05) is 4.90 Å². The third-order valence-corrected chi connectivity index (χ3v) is 3.34. The molecule has 2 N–H and O–H groups in total. The Balaban J connectivity index is 2.36. The standard InChI is InChI=1S/C14H21NO3S/c1-3-18-14(16)10-17-9-13(15)11-5-7-12(8-6-11)19-4-2/h5-8,13H,3-4,9-10,15H2,1-2H3/t13-/m0/s1. The van der Waals surface area contributed by atoms with Gasteiger partial charge in [-0.25, -0.2) is 4.79 Å². The Morgan fingerprint density at radius 2 is 2.00 bits per heavy atom. The van der Waals surface area contributed by atoms with E-state index < -0.39 is 0 Å². The topological polar surface area (TPSA) is 61.5 Å². The highest BCUT2D eigenvalue weighted by Gasteiger charge is 2.08. The Hall–Kier alpha value is -1.04. The van der Waals surface area contributed by atoms with Gasteiger partial charge in [-0.3, -0.25) is 0 Å². The minimum absolute atomic E-state index is 0.0503. The van der Waals surface area contributed by atoms with Crippen LogP contribution in [0, 0.1) is 0 Å². The molecule has 0 spiro atoms. The first-order chi connectivity index (χ1) is 9.17. The van der Waals surface area contributed by atoms with Crippen LogP contribution >= 0.6 is 11.8 Å². The molecule has 0 saturated carbocycles. The molecule has 1 aromatic rings. The number of hydrogen-bond donors (Lipinski definition) is 1. The average molecular weight is 283 g/mol. The lowest BCUT2D eigenvalue weighted by molar-refractivity contribution is -0.148. The molecule has 1 atom stereocenters. The quantitative estimate of drug-likeness (QED) is 0.586. The van der Waals surface area contributed by atoms with E-state index in [-0.39, 0.29) is 18.6 Å². The zero-order valence-electron chi connectivity index (χ0n) is 11.4. The van der Waals surface area contributed by atoms with Crippen molar-refractivity contribution in [3.8, 4) is 0 Å². The first-order valence-corrected chi connectivity index (χ1v) is 7.37. The van der Waals surface area contributed by atoms with Gasteiger partial charge < -0.3 is 15.2 Å². The number of carbonyl (C=O) groups is 1. The van der Waals surface area contributed by atoms with Crippen molar-refractivity contribution in [2.75, 3.05) is 25.6 Å². The molecule has 19 heavy (non-hydrogen) atoms. The smallest absolute Gasteiger partial charge is 0.332 e. The Kier molecular flexibility index (Phi) is 7.55. The maximum atomic E-state index is 11.1. The summed E-state index contributed by atoms with van der Waals surface area (Å²) in [4.78, 5) is 12.3. The summed E-state index contributed by atoms with van der Waals surface area (Å²) in [5, 5.41) is 0. The van der Waals surface area contributed by atoms with Crippen LogP contribution in [0.2, 0.25) is 0 Å². The van der Waals surface area contributed by atoms with Crippen molar-refractivity contribution in [3.05, 3.63) is 29.8 Å². The SMILES string of the molecule is CCOC(=O)COC[C@H](N)c1ccc(SCC)cc1. The van der Waals surface area contributed by atoms with E-state index >= 15 is 0 Å². The third-order valence-electron chi connectivity index (χ3n) is 2.44. The second-order valence-corrected chi connectivity index (χ2v) is 5.27. The fraction of sp³-hybridized carbons (Fsp3) is 0.500. The summed E-state index contributed by atoms with van der Waals surface area (Å²) >= 11 is 1.79. The Labute approximate surface area is 118 Å². The van der Waals surface area contributed by atoms with Crippen LogP contribution in [0.15, 0.2) is 29.2 Å². The third kappa shape index (κ3) is 6.09. The molecular weight excluding hydrogens is 262 g/mol. The van der Waals surface area contributed by atoms with Crippen LogP contribution < -0.4 is 5.73 Å². The molecule has 5 heteroatoms. The first kappa shape index (κ1) is 16.0. The highest BCUT2D eigenvalue weighted by Crippen LogP contribution is 2.20. The maximum Gasteiger partial charge on any atom is 0.332 e. The number of ether oxygens (including phenoxy) is 2. The van der Waals surface area contributed by atoms with E-state index in [4.69, 9.17) is 15.2 Å². The molecule has 0 fully saturated rings. The van der Waals surface area contributed by atoms with Crippen LogP contribution in [0.5, 0.6) is 0 Å². The molecule has 1 aromatic carbocycles. The highest BCUT2D eigenvalue weighted by atomic mass is 32.2. The maximum absolute atomic E-state index is 11.1. The summed E-state index contributed by atoms with van der Waals surface area (Å²) in [6, 6.07) is 7.87. The lowest BCUT2D eigenvalue weighted by Crippen LogP contribution is -2.20. The molecule has 0 radical (unpaired) electrons. The van der Waals surface area contributed by atoms with Crippen LogP contribution in [-0.2, 0) is 14.3 Å². The van der Waals surface area contributed by atoms with E-state index in [1.54, 1.807) is 18.7 Å². The Morgan fingerprint density at radius 1 is 1.32 bits per heavy atom. The molecule has 0 saturated heterocycles. The number of nitrogens with two attached hydrogens (primary N) is 1. The molecule has 106 valence electrons. The van der Waals surface area contributed by atoms with Crippen molar-refractivity contribution in [3.63, 3.8) is 0 Å². The van der Waals surface area contributed by atoms with Crippen LogP contribution in [-0.4, -0.2) is 31.5 Å². The summed E-state index contributed by atoms with van der Waals surface area (Å²) < 4.78 is 10.0. The van der Waals surface area contributed by atoms with E-state index in [1.165, 1.54) is 4.90 Å². The summed E-state index contributed by atoms with van der Waals surface area (Å²) in [6.07, 6.45) is 0. The zero-order valence-corrected chi connectivity index (χ0v) is 12.2. The van der Waals surface area contributed by atoms with E-state index in [1.807, 2.05) is 12.1 Å². The van der Waals surface area contributed by atoms with Gasteiger partial charge in [0.05, 0.1) is 19.3 Å². The largest absolute Gasteiger partial charge is 0.464 e. The van der Waals surface area contributed by atoms with Gasteiger partial charge in [-0.1, -0.05) is 19.1 Å². The minimum atomic E-state index is -0.357. The summed E-state index contributed by atoms with van der Waals surface area (Å²) in [7, 11) is 0. The molecule has 0 amide bonds. The van der Waals surface area contributed by atoms with Crippen LogP contribution in [0.4, 0.5) is 0 Å². The molecule has 4 nitrogen and oxygen atoms in total. The molecule has 0 aromatic heterocycles. The predicted octanol–water partition coefficient (Wildman–Crippen LogP) is 2.38. The van der Waals surface area contributed by atoms with Crippen molar-refractivity contribution in [1.29, 1.82) is 0 Å². The van der Waals surface area contributed by atoms with Crippen LogP contribution in [0.3, 0.4) is 0 Å². The molecule has 0 unspecified atom stereocenters. The summed E-state index contributed by atoms with van der Waals surface area (Å²) in [6.45, 7) is 4.50. The van der Waals surface area contributed by atoms with E-state index in [0.29, 0.717) is 13.2 Å². The molecular formula is C14H21NO3S. The lowest BCUT2D eigenvalue weighted by atomic mass is 10.1. The number of carbonyl (C=O) groups excluding carboxylic acids is 1. The molecule has 0 aliphatic rings. The van der Waals surface area contributed by atoms with Crippen molar-refractivity contribution in [1.82, 2.24) is 0 Å². The van der Waals surface area contributed by atoms with Crippen molar-refractivity contribution in [2.24, 2.45) is 5.73 Å². The van der Waals surface area contributed by atoms with Gasteiger partial charge in [-0.15, -0.1) is 11.8 Å². The Bertz CT molecular complexity index is 381. The van der Waals surface area contributed by atoms with Crippen LogP contribution in [0.25, 0.3) is 0 Å². The summed E-state index contributed by atoms with van der Waals surface area (Å²) in [5.41, 5.74) is 7.00. The molecule has 1 rings (SSSR count). The van der Waals surface area contributed by atoms with Crippen molar-refractivity contribution in [2.45, 2.75) is 24.8 Å². The first-order valence-electron chi connectivity index (χ1n) is 6.39. The van der Waals surface area contributed by atoms with Crippen molar-refractivity contribution >= 4 is 17.7 Å². The second-order valence-electron chi connectivity index (χ2n) is 3.93. The van der Waals surface area contributed by atoms with Gasteiger partial charge in [0.2, 0.25) is 0 Å². The second kappa shape index (κ2) is 8.96. The fourth-order valence-corrected chi connectivity index (χ4v) is 2.21. The zero-order chi connectivity index (χ0) is 14.1. The van der Waals surface area contributed by atoms with Gasteiger partial charge in [-0.05, 0) is 30.4 Å². The van der Waals surface area contributed by atoms with Gasteiger partial charge >= 0.3 is 5.97 Å². The Morgan fingerprint density at radius 3 is 2.58 bits per heavy atom. The molecule has 0 aliphatic heterocycles. The predicted molar refractivity (Wildman–Crippen MR) is 77.2 cm³/mol. The number of rotatable bonds is 8. The van der Waals surface area contributed by atoms with E-state index in [2.05, 4.69) is 19.1 Å². The van der Waals surface area contributed by atoms with Gasteiger partial charge in [0.1, 0.15) is 6.61 Å². The number of benzene rings is 1. The van der Waals surface area contributed by atoms with Gasteiger partial charge in [-0.2, -0.15) is 0 Å². The molecule has 0 aliphatic carbocycles. The van der Waals surface area contributed by atoms with Crippen molar-refractivity contribution < 1.29 is 14.3 Å². The number of hydrogen-bond acceptors (Lipinski definition) is 5. The fourth-order valence-electron chi connectivity index (χ4n) is 1.55. The summed E-state index contributed by atoms with van der Waals surface area (Å²) in [5.74, 6) is 0.693. The van der Waals surface area contributed by atoms with E-state index in [0.717, 1.165) is 11.3 Å². The lowest BCUT2D eigenvalue weighted by Gasteiger charge is -2.12. The molecule has 0 bridgehead atoms. The minimum Gasteiger partial charge on any atom is -0.464 e. The van der Waals surface area contributed by atoms with Crippen LogP contribution in [0.1, 0.15) is 25.5 Å².